The quantitative estimate of drug-likeness (QED) is 0.152. The molecule has 3 rings (SSSR count). The predicted octanol–water partition coefficient (Wildman–Crippen LogP) is 11.4. The molecule has 0 aliphatic heterocycles. The number of hydrogen-bond acceptors (Lipinski definition) is 2. The van der Waals surface area contributed by atoms with Gasteiger partial charge in [0.15, 0.2) is 0 Å². The summed E-state index contributed by atoms with van der Waals surface area (Å²) < 4.78 is 6.22. The standard InChI is InChI=1S/C36H50O2/c1-2-3-4-5-6-7-8-9-10-11-12-13-14-15-16-23-30-38-34-29-28-33(31-24-19-17-20-25-31)36(37)35(34)32-26-21-18-22-27-32/h17-22,24-29,37H,2-16,23,30H2,1H3. The summed E-state index contributed by atoms with van der Waals surface area (Å²) >= 11 is 0. The Morgan fingerprint density at radius 2 is 0.947 bits per heavy atom. The van der Waals surface area contributed by atoms with Crippen LogP contribution in [0.1, 0.15) is 110 Å². The zero-order chi connectivity index (χ0) is 26.7. The molecule has 0 saturated heterocycles. The first-order valence-corrected chi connectivity index (χ1v) is 15.4. The highest BCUT2D eigenvalue weighted by Gasteiger charge is 2.16. The second kappa shape index (κ2) is 18.5. The molecule has 0 unspecified atom stereocenters. The van der Waals surface area contributed by atoms with Crippen molar-refractivity contribution in [2.75, 3.05) is 6.61 Å². The summed E-state index contributed by atoms with van der Waals surface area (Å²) in [6.07, 6.45) is 21.8. The first-order valence-electron chi connectivity index (χ1n) is 15.4. The van der Waals surface area contributed by atoms with E-state index in [2.05, 4.69) is 6.92 Å². The molecule has 2 nitrogen and oxygen atoms in total. The lowest BCUT2D eigenvalue weighted by atomic mass is 9.96. The summed E-state index contributed by atoms with van der Waals surface area (Å²) in [5.41, 5.74) is 3.60. The van der Waals surface area contributed by atoms with Gasteiger partial charge in [0.05, 0.1) is 12.2 Å². The number of phenols is 1. The Morgan fingerprint density at radius 1 is 0.500 bits per heavy atom. The van der Waals surface area contributed by atoms with E-state index in [1.165, 1.54) is 96.3 Å². The molecule has 0 spiro atoms. The van der Waals surface area contributed by atoms with Gasteiger partial charge in [0.25, 0.3) is 0 Å². The first-order chi connectivity index (χ1) is 18.8. The lowest BCUT2D eigenvalue weighted by Crippen LogP contribution is -2.00. The fourth-order valence-electron chi connectivity index (χ4n) is 5.26. The van der Waals surface area contributed by atoms with Crippen molar-refractivity contribution < 1.29 is 9.84 Å². The fourth-order valence-corrected chi connectivity index (χ4v) is 5.26. The highest BCUT2D eigenvalue weighted by atomic mass is 16.5. The molecule has 0 aliphatic rings. The van der Waals surface area contributed by atoms with E-state index in [0.717, 1.165) is 34.4 Å². The molecular weight excluding hydrogens is 464 g/mol. The third-order valence-corrected chi connectivity index (χ3v) is 7.54. The Hall–Kier alpha value is -2.74. The molecule has 38 heavy (non-hydrogen) atoms. The second-order valence-electron chi connectivity index (χ2n) is 10.7. The van der Waals surface area contributed by atoms with Crippen molar-refractivity contribution in [1.82, 2.24) is 0 Å². The molecule has 1 N–H and O–H groups in total. The van der Waals surface area contributed by atoms with Gasteiger partial charge >= 0.3 is 0 Å². The van der Waals surface area contributed by atoms with Crippen LogP contribution in [-0.2, 0) is 0 Å². The van der Waals surface area contributed by atoms with E-state index in [-0.39, 0.29) is 5.75 Å². The number of phenolic OH excluding ortho intramolecular Hbond substituents is 1. The van der Waals surface area contributed by atoms with E-state index in [1.54, 1.807) is 0 Å². The van der Waals surface area contributed by atoms with Crippen molar-refractivity contribution in [2.24, 2.45) is 0 Å². The van der Waals surface area contributed by atoms with Crippen LogP contribution in [0.3, 0.4) is 0 Å². The Balaban J connectivity index is 1.32. The van der Waals surface area contributed by atoms with Crippen molar-refractivity contribution in [2.45, 2.75) is 110 Å². The fraction of sp³-hybridized carbons (Fsp3) is 0.500. The summed E-state index contributed by atoms with van der Waals surface area (Å²) in [5.74, 6) is 1.04. The van der Waals surface area contributed by atoms with Crippen LogP contribution < -0.4 is 4.74 Å². The SMILES string of the molecule is CCCCCCCCCCCCCCCCCCOc1ccc(-c2ccccc2)c(O)c1-c1ccccc1. The maximum Gasteiger partial charge on any atom is 0.134 e. The van der Waals surface area contributed by atoms with Crippen molar-refractivity contribution in [3.05, 3.63) is 72.8 Å². The highest BCUT2D eigenvalue weighted by molar-refractivity contribution is 5.85. The van der Waals surface area contributed by atoms with Crippen LogP contribution in [0.15, 0.2) is 72.8 Å². The monoisotopic (exact) mass is 514 g/mol. The van der Waals surface area contributed by atoms with E-state index in [9.17, 15) is 5.11 Å². The van der Waals surface area contributed by atoms with Gasteiger partial charge in [-0.15, -0.1) is 0 Å². The van der Waals surface area contributed by atoms with Crippen molar-refractivity contribution >= 4 is 0 Å². The molecular formula is C36H50O2. The smallest absolute Gasteiger partial charge is 0.134 e. The Morgan fingerprint density at radius 3 is 1.45 bits per heavy atom. The van der Waals surface area contributed by atoms with Crippen LogP contribution >= 0.6 is 0 Å². The van der Waals surface area contributed by atoms with Crippen LogP contribution in [0.4, 0.5) is 0 Å². The number of ether oxygens (including phenoxy) is 1. The Labute approximate surface area is 232 Å². The van der Waals surface area contributed by atoms with Crippen LogP contribution in [0.5, 0.6) is 11.5 Å². The summed E-state index contributed by atoms with van der Waals surface area (Å²) in [5, 5.41) is 11.2. The second-order valence-corrected chi connectivity index (χ2v) is 10.7. The number of unbranched alkanes of at least 4 members (excludes halogenated alkanes) is 15. The molecule has 3 aromatic rings. The van der Waals surface area contributed by atoms with Gasteiger partial charge in [-0.3, -0.25) is 0 Å². The molecule has 3 aromatic carbocycles. The highest BCUT2D eigenvalue weighted by Crippen LogP contribution is 2.44. The normalized spacial score (nSPS) is 11.1. The molecule has 0 atom stereocenters. The lowest BCUT2D eigenvalue weighted by Gasteiger charge is -2.16. The minimum atomic E-state index is 0.284. The van der Waals surface area contributed by atoms with Gasteiger partial charge in [0, 0.05) is 5.56 Å². The van der Waals surface area contributed by atoms with Gasteiger partial charge in [0.1, 0.15) is 11.5 Å². The summed E-state index contributed by atoms with van der Waals surface area (Å²) in [6, 6.07) is 24.1. The molecule has 0 heterocycles. The van der Waals surface area contributed by atoms with Gasteiger partial charge in [-0.1, -0.05) is 164 Å². The van der Waals surface area contributed by atoms with Crippen molar-refractivity contribution in [3.8, 4) is 33.8 Å². The minimum Gasteiger partial charge on any atom is -0.507 e. The van der Waals surface area contributed by atoms with Gasteiger partial charge in [-0.05, 0) is 29.7 Å². The molecule has 0 saturated carbocycles. The first kappa shape index (κ1) is 29.8. The topological polar surface area (TPSA) is 29.5 Å². The molecule has 206 valence electrons. The maximum absolute atomic E-state index is 11.2. The summed E-state index contributed by atoms with van der Waals surface area (Å²) in [7, 11) is 0. The van der Waals surface area contributed by atoms with Gasteiger partial charge < -0.3 is 9.84 Å². The van der Waals surface area contributed by atoms with Crippen LogP contribution in [0.25, 0.3) is 22.3 Å². The van der Waals surface area contributed by atoms with E-state index < -0.39 is 0 Å². The van der Waals surface area contributed by atoms with Crippen LogP contribution in [0.2, 0.25) is 0 Å². The number of rotatable bonds is 20. The molecule has 0 fully saturated rings. The largest absolute Gasteiger partial charge is 0.507 e. The van der Waals surface area contributed by atoms with Gasteiger partial charge in [0.2, 0.25) is 0 Å². The van der Waals surface area contributed by atoms with E-state index in [4.69, 9.17) is 4.74 Å². The summed E-state index contributed by atoms with van der Waals surface area (Å²) in [4.78, 5) is 0. The van der Waals surface area contributed by atoms with Crippen molar-refractivity contribution in [3.63, 3.8) is 0 Å². The van der Waals surface area contributed by atoms with E-state index in [0.29, 0.717) is 6.61 Å². The van der Waals surface area contributed by atoms with E-state index >= 15 is 0 Å². The average Bonchev–Trinajstić information content (AvgIpc) is 2.95. The van der Waals surface area contributed by atoms with Gasteiger partial charge in [-0.25, -0.2) is 0 Å². The number of hydrogen-bond donors (Lipinski definition) is 1. The molecule has 0 bridgehead atoms. The molecule has 0 aromatic heterocycles. The zero-order valence-corrected chi connectivity index (χ0v) is 23.8. The van der Waals surface area contributed by atoms with Crippen LogP contribution in [-0.4, -0.2) is 11.7 Å². The predicted molar refractivity (Wildman–Crippen MR) is 164 cm³/mol. The maximum atomic E-state index is 11.2. The van der Waals surface area contributed by atoms with Crippen LogP contribution in [0, 0.1) is 0 Å². The number of aromatic hydroxyl groups is 1. The average molecular weight is 515 g/mol. The molecule has 0 radical (unpaired) electrons. The minimum absolute atomic E-state index is 0.284. The summed E-state index contributed by atoms with van der Waals surface area (Å²) in [6.45, 7) is 2.97. The molecule has 0 amide bonds. The van der Waals surface area contributed by atoms with E-state index in [1.807, 2.05) is 72.8 Å². The zero-order valence-electron chi connectivity index (χ0n) is 23.8. The third kappa shape index (κ3) is 10.6. The molecule has 0 aliphatic carbocycles. The molecule has 2 heteroatoms. The number of benzene rings is 3. The Bertz CT molecular complexity index is 997. The Kier molecular flexibility index (Phi) is 14.5. The van der Waals surface area contributed by atoms with Crippen molar-refractivity contribution in [1.29, 1.82) is 0 Å². The third-order valence-electron chi connectivity index (χ3n) is 7.54. The lowest BCUT2D eigenvalue weighted by molar-refractivity contribution is 0.304. The van der Waals surface area contributed by atoms with Gasteiger partial charge in [-0.2, -0.15) is 0 Å².